The topological polar surface area (TPSA) is 120 Å². The van der Waals surface area contributed by atoms with E-state index in [1.54, 1.807) is 7.05 Å². The van der Waals surface area contributed by atoms with Gasteiger partial charge in [-0.15, -0.1) is 5.10 Å². The summed E-state index contributed by atoms with van der Waals surface area (Å²) in [6.45, 7) is 1.76. The van der Waals surface area contributed by atoms with Crippen molar-refractivity contribution in [3.05, 3.63) is 16.3 Å². The zero-order chi connectivity index (χ0) is 14.2. The molecule has 2 rings (SSSR count). The molecule has 1 aliphatic heterocycles. The van der Waals surface area contributed by atoms with Crippen molar-refractivity contribution in [3.63, 3.8) is 0 Å². The SMILES string of the molecule is Cn1cc([N+](=O)[O-])c(NC2COCC2(C)C(=O)O)n1. The third-order valence-corrected chi connectivity index (χ3v) is 3.26. The fourth-order valence-electron chi connectivity index (χ4n) is 1.96. The van der Waals surface area contributed by atoms with E-state index in [-0.39, 0.29) is 24.7 Å². The molecule has 0 spiro atoms. The molecule has 2 heterocycles. The summed E-state index contributed by atoms with van der Waals surface area (Å²) >= 11 is 0. The average Bonchev–Trinajstić information content (AvgIpc) is 2.85. The number of ether oxygens (including phenoxy) is 1. The molecule has 1 aromatic rings. The minimum absolute atomic E-state index is 0.0514. The Morgan fingerprint density at radius 3 is 3.05 bits per heavy atom. The number of hydrogen-bond donors (Lipinski definition) is 2. The molecule has 2 atom stereocenters. The first kappa shape index (κ1) is 13.3. The molecule has 0 bridgehead atoms. The first-order chi connectivity index (χ1) is 8.84. The Hall–Kier alpha value is -2.16. The first-order valence-electron chi connectivity index (χ1n) is 5.60. The Balaban J connectivity index is 2.26. The summed E-state index contributed by atoms with van der Waals surface area (Å²) in [4.78, 5) is 21.6. The second kappa shape index (κ2) is 4.50. The third-order valence-electron chi connectivity index (χ3n) is 3.26. The average molecular weight is 270 g/mol. The number of aliphatic carboxylic acids is 1. The number of aromatic nitrogens is 2. The number of carboxylic acid groups (broad SMARTS) is 1. The fourth-order valence-corrected chi connectivity index (χ4v) is 1.96. The highest BCUT2D eigenvalue weighted by Gasteiger charge is 2.47. The summed E-state index contributed by atoms with van der Waals surface area (Å²) < 4.78 is 6.47. The Morgan fingerprint density at radius 1 is 1.79 bits per heavy atom. The van der Waals surface area contributed by atoms with Crippen molar-refractivity contribution in [2.75, 3.05) is 18.5 Å². The molecule has 0 aromatic carbocycles. The van der Waals surface area contributed by atoms with Crippen LogP contribution in [0.3, 0.4) is 0 Å². The summed E-state index contributed by atoms with van der Waals surface area (Å²) in [5, 5.41) is 26.8. The van der Waals surface area contributed by atoms with Crippen molar-refractivity contribution in [2.24, 2.45) is 12.5 Å². The van der Waals surface area contributed by atoms with Gasteiger partial charge >= 0.3 is 11.7 Å². The molecule has 1 fully saturated rings. The van der Waals surface area contributed by atoms with Gasteiger partial charge in [0.25, 0.3) is 0 Å². The minimum Gasteiger partial charge on any atom is -0.481 e. The van der Waals surface area contributed by atoms with E-state index in [0.29, 0.717) is 0 Å². The molecule has 2 unspecified atom stereocenters. The summed E-state index contributed by atoms with van der Waals surface area (Å²) in [5.41, 5.74) is -1.33. The third kappa shape index (κ3) is 2.24. The van der Waals surface area contributed by atoms with Crippen LogP contribution in [0.5, 0.6) is 0 Å². The maximum atomic E-state index is 11.3. The summed E-state index contributed by atoms with van der Waals surface area (Å²) in [6.07, 6.45) is 1.26. The van der Waals surface area contributed by atoms with Gasteiger partial charge in [-0.3, -0.25) is 19.6 Å². The van der Waals surface area contributed by atoms with Crippen LogP contribution in [0.25, 0.3) is 0 Å². The van der Waals surface area contributed by atoms with Crippen molar-refractivity contribution >= 4 is 17.5 Å². The summed E-state index contributed by atoms with van der Waals surface area (Å²) in [6, 6.07) is -0.571. The molecule has 2 N–H and O–H groups in total. The van der Waals surface area contributed by atoms with E-state index in [0.717, 1.165) is 0 Å². The van der Waals surface area contributed by atoms with E-state index >= 15 is 0 Å². The maximum Gasteiger partial charge on any atom is 0.330 e. The molecular weight excluding hydrogens is 256 g/mol. The molecule has 1 saturated heterocycles. The molecule has 0 radical (unpaired) electrons. The highest BCUT2D eigenvalue weighted by molar-refractivity contribution is 5.77. The molecule has 0 saturated carbocycles. The minimum atomic E-state index is -1.13. The number of nitro groups is 1. The van der Waals surface area contributed by atoms with Gasteiger partial charge in [0.05, 0.1) is 24.2 Å². The quantitative estimate of drug-likeness (QED) is 0.593. The monoisotopic (exact) mass is 270 g/mol. The molecule has 1 aliphatic rings. The van der Waals surface area contributed by atoms with Crippen LogP contribution in [0.4, 0.5) is 11.5 Å². The van der Waals surface area contributed by atoms with E-state index in [4.69, 9.17) is 4.74 Å². The molecule has 1 aromatic heterocycles. The second-order valence-electron chi connectivity index (χ2n) is 4.73. The number of nitrogens with one attached hydrogen (secondary N) is 1. The zero-order valence-corrected chi connectivity index (χ0v) is 10.5. The lowest BCUT2D eigenvalue weighted by molar-refractivity contribution is -0.384. The van der Waals surface area contributed by atoms with Crippen LogP contribution in [0.15, 0.2) is 6.20 Å². The lowest BCUT2D eigenvalue weighted by atomic mass is 9.85. The number of nitrogens with zero attached hydrogens (tertiary/aromatic N) is 3. The molecule has 9 heteroatoms. The smallest absolute Gasteiger partial charge is 0.330 e. The van der Waals surface area contributed by atoms with Gasteiger partial charge in [0.1, 0.15) is 11.6 Å². The maximum absolute atomic E-state index is 11.3. The van der Waals surface area contributed by atoms with Gasteiger partial charge in [0.15, 0.2) is 0 Å². The summed E-state index contributed by atoms with van der Waals surface area (Å²) in [5.74, 6) is -0.962. The van der Waals surface area contributed by atoms with Gasteiger partial charge in [-0.25, -0.2) is 0 Å². The molecular formula is C10H14N4O5. The van der Waals surface area contributed by atoms with Crippen molar-refractivity contribution in [2.45, 2.75) is 13.0 Å². The second-order valence-corrected chi connectivity index (χ2v) is 4.73. The largest absolute Gasteiger partial charge is 0.481 e. The van der Waals surface area contributed by atoms with E-state index in [1.165, 1.54) is 17.8 Å². The van der Waals surface area contributed by atoms with Gasteiger partial charge in [-0.2, -0.15) is 0 Å². The first-order valence-corrected chi connectivity index (χ1v) is 5.60. The van der Waals surface area contributed by atoms with Gasteiger partial charge < -0.3 is 15.2 Å². The predicted octanol–water partition coefficient (Wildman–Crippen LogP) is 0.230. The van der Waals surface area contributed by atoms with E-state index in [9.17, 15) is 20.0 Å². The Bertz CT molecular complexity index is 528. The van der Waals surface area contributed by atoms with Gasteiger partial charge in [-0.05, 0) is 6.92 Å². The van der Waals surface area contributed by atoms with Crippen LogP contribution in [-0.2, 0) is 16.6 Å². The van der Waals surface area contributed by atoms with Crippen molar-refractivity contribution < 1.29 is 19.6 Å². The van der Waals surface area contributed by atoms with Crippen LogP contribution < -0.4 is 5.32 Å². The molecule has 0 amide bonds. The number of aryl methyl sites for hydroxylation is 1. The molecule has 9 nitrogen and oxygen atoms in total. The highest BCUT2D eigenvalue weighted by Crippen LogP contribution is 2.33. The number of anilines is 1. The predicted molar refractivity (Wildman–Crippen MR) is 63.8 cm³/mol. The number of carboxylic acids is 1. The molecule has 19 heavy (non-hydrogen) atoms. The van der Waals surface area contributed by atoms with Crippen molar-refractivity contribution in [3.8, 4) is 0 Å². The summed E-state index contributed by atoms with van der Waals surface area (Å²) in [7, 11) is 1.56. The Morgan fingerprint density at radius 2 is 2.47 bits per heavy atom. The number of hydrogen-bond acceptors (Lipinski definition) is 6. The van der Waals surface area contributed by atoms with Gasteiger partial charge in [-0.1, -0.05) is 0 Å². The highest BCUT2D eigenvalue weighted by atomic mass is 16.6. The van der Waals surface area contributed by atoms with Gasteiger partial charge in [0, 0.05) is 7.05 Å². The van der Waals surface area contributed by atoms with Crippen LogP contribution in [0.1, 0.15) is 6.92 Å². The Kier molecular flexibility index (Phi) is 3.14. The fraction of sp³-hybridized carbons (Fsp3) is 0.600. The Labute approximate surface area is 108 Å². The van der Waals surface area contributed by atoms with Crippen molar-refractivity contribution in [1.29, 1.82) is 0 Å². The van der Waals surface area contributed by atoms with E-state index < -0.39 is 22.3 Å². The van der Waals surface area contributed by atoms with E-state index in [2.05, 4.69) is 10.4 Å². The van der Waals surface area contributed by atoms with Crippen LogP contribution in [0.2, 0.25) is 0 Å². The normalized spacial score (nSPS) is 26.3. The van der Waals surface area contributed by atoms with Crippen molar-refractivity contribution in [1.82, 2.24) is 9.78 Å². The lowest BCUT2D eigenvalue weighted by Crippen LogP contribution is -2.43. The molecule has 0 aliphatic carbocycles. The van der Waals surface area contributed by atoms with E-state index in [1.807, 2.05) is 0 Å². The zero-order valence-electron chi connectivity index (χ0n) is 10.5. The lowest BCUT2D eigenvalue weighted by Gasteiger charge is -2.25. The number of rotatable bonds is 4. The van der Waals surface area contributed by atoms with Crippen LogP contribution in [0, 0.1) is 15.5 Å². The molecule has 104 valence electrons. The van der Waals surface area contributed by atoms with Gasteiger partial charge in [0.2, 0.25) is 5.82 Å². The number of carbonyl (C=O) groups is 1. The van der Waals surface area contributed by atoms with Crippen LogP contribution >= 0.6 is 0 Å². The standard InChI is InChI=1S/C10H14N4O5/c1-10(9(15)16)5-19-4-7(10)11-8-6(14(17)18)3-13(2)12-8/h3,7H,4-5H2,1-2H3,(H,11,12)(H,15,16). The van der Waals surface area contributed by atoms with Crippen LogP contribution in [-0.4, -0.2) is 45.0 Å².